The molecule has 4 heteroatoms. The van der Waals surface area contributed by atoms with Crippen molar-refractivity contribution in [2.75, 3.05) is 16.8 Å². The van der Waals surface area contributed by atoms with Gasteiger partial charge in [-0.1, -0.05) is 32.9 Å². The lowest BCUT2D eigenvalue weighted by molar-refractivity contribution is -0.130. The molecule has 2 amide bonds. The van der Waals surface area contributed by atoms with E-state index in [2.05, 4.69) is 5.32 Å². The van der Waals surface area contributed by atoms with E-state index in [1.807, 2.05) is 39.0 Å². The first-order chi connectivity index (χ1) is 8.82. The monoisotopic (exact) mass is 260 g/mol. The van der Waals surface area contributed by atoms with E-state index >= 15 is 0 Å². The molecule has 0 unspecified atom stereocenters. The molecule has 102 valence electrons. The summed E-state index contributed by atoms with van der Waals surface area (Å²) >= 11 is 0. The van der Waals surface area contributed by atoms with Gasteiger partial charge in [-0.15, -0.1) is 0 Å². The fraction of sp³-hybridized carbons (Fsp3) is 0.467. The summed E-state index contributed by atoms with van der Waals surface area (Å²) in [6.45, 7) is 7.74. The van der Waals surface area contributed by atoms with Crippen LogP contribution in [0.3, 0.4) is 0 Å². The number of para-hydroxylation sites is 1. The van der Waals surface area contributed by atoms with Gasteiger partial charge in [0.15, 0.2) is 0 Å². The minimum Gasteiger partial charge on any atom is -0.383 e. The van der Waals surface area contributed by atoms with Gasteiger partial charge < -0.3 is 5.32 Å². The molecule has 0 saturated carbocycles. The van der Waals surface area contributed by atoms with Gasteiger partial charge in [-0.25, -0.2) is 4.90 Å². The predicted molar refractivity (Wildman–Crippen MR) is 76.3 cm³/mol. The average molecular weight is 260 g/mol. The zero-order valence-electron chi connectivity index (χ0n) is 11.9. The molecule has 1 aliphatic rings. The molecule has 0 aromatic heterocycles. The number of carbonyl (C=O) groups excluding carboxylic acids is 2. The molecule has 0 bridgehead atoms. The number of rotatable bonds is 1. The van der Waals surface area contributed by atoms with Crippen LogP contribution in [0.1, 0.15) is 33.3 Å². The topological polar surface area (TPSA) is 49.4 Å². The maximum atomic E-state index is 12.5. The van der Waals surface area contributed by atoms with E-state index < -0.39 is 5.41 Å². The van der Waals surface area contributed by atoms with Crippen molar-refractivity contribution in [1.29, 1.82) is 0 Å². The Hall–Kier alpha value is -1.84. The number of carbonyl (C=O) groups is 2. The molecular formula is C15H20N2O2. The quantitative estimate of drug-likeness (QED) is 0.844. The number of anilines is 2. The number of nitrogens with one attached hydrogen (secondary N) is 1. The average Bonchev–Trinajstić information content (AvgIpc) is 2.76. The summed E-state index contributed by atoms with van der Waals surface area (Å²) in [5.74, 6) is -0.427. The third-order valence-corrected chi connectivity index (χ3v) is 3.23. The molecule has 1 aromatic carbocycles. The van der Waals surface area contributed by atoms with E-state index in [-0.39, 0.29) is 11.8 Å². The van der Waals surface area contributed by atoms with Crippen LogP contribution in [0, 0.1) is 5.41 Å². The zero-order chi connectivity index (χ0) is 14.2. The first-order valence-electron chi connectivity index (χ1n) is 6.53. The van der Waals surface area contributed by atoms with Gasteiger partial charge in [-0.2, -0.15) is 0 Å². The predicted octanol–water partition coefficient (Wildman–Crippen LogP) is 2.58. The van der Waals surface area contributed by atoms with Crippen LogP contribution in [-0.2, 0) is 16.0 Å². The molecule has 1 aliphatic heterocycles. The minimum atomic E-state index is -0.590. The first kappa shape index (κ1) is 13.6. The molecule has 4 nitrogen and oxygen atoms in total. The summed E-state index contributed by atoms with van der Waals surface area (Å²) in [6, 6.07) is 5.74. The zero-order valence-corrected chi connectivity index (χ0v) is 11.9. The molecule has 0 atom stereocenters. The molecule has 1 aromatic rings. The van der Waals surface area contributed by atoms with Gasteiger partial charge in [-0.05, 0) is 18.1 Å². The Balaban J connectivity index is 2.50. The lowest BCUT2D eigenvalue weighted by Crippen LogP contribution is -2.42. The smallest absolute Gasteiger partial charge is 0.239 e. The maximum Gasteiger partial charge on any atom is 0.239 e. The lowest BCUT2D eigenvalue weighted by atomic mass is 9.94. The van der Waals surface area contributed by atoms with Crippen LogP contribution in [0.5, 0.6) is 0 Å². The van der Waals surface area contributed by atoms with Gasteiger partial charge in [0.05, 0.1) is 11.4 Å². The Morgan fingerprint density at radius 2 is 1.95 bits per heavy atom. The minimum absolute atomic E-state index is 0.179. The van der Waals surface area contributed by atoms with E-state index in [4.69, 9.17) is 0 Å². The highest BCUT2D eigenvalue weighted by Gasteiger charge is 2.33. The molecular weight excluding hydrogens is 240 g/mol. The largest absolute Gasteiger partial charge is 0.383 e. The first-order valence-corrected chi connectivity index (χ1v) is 6.53. The highest BCUT2D eigenvalue weighted by atomic mass is 16.2. The molecule has 0 radical (unpaired) electrons. The number of fused-ring (bicyclic) bond motifs is 1. The van der Waals surface area contributed by atoms with Crippen molar-refractivity contribution in [2.45, 2.75) is 34.1 Å². The van der Waals surface area contributed by atoms with Crippen molar-refractivity contribution >= 4 is 23.2 Å². The van der Waals surface area contributed by atoms with Crippen LogP contribution in [-0.4, -0.2) is 18.4 Å². The fourth-order valence-corrected chi connectivity index (χ4v) is 2.26. The van der Waals surface area contributed by atoms with Gasteiger partial charge in [-0.3, -0.25) is 9.59 Å². The van der Waals surface area contributed by atoms with Crippen molar-refractivity contribution in [3.8, 4) is 0 Å². The number of hydrogen-bond donors (Lipinski definition) is 1. The standard InChI is InChI=1S/C15H20N2O2/c1-10(18)17(14(19)15(2,3)4)12-7-5-6-11-8-9-16-13(11)12/h5-7,16H,8-9H2,1-4H3. The molecule has 1 N–H and O–H groups in total. The summed E-state index contributed by atoms with van der Waals surface area (Å²) in [6.07, 6.45) is 0.929. The number of imide groups is 1. The van der Waals surface area contributed by atoms with Crippen molar-refractivity contribution in [3.05, 3.63) is 23.8 Å². The number of benzene rings is 1. The van der Waals surface area contributed by atoms with E-state index in [0.717, 1.165) is 24.2 Å². The molecule has 2 rings (SSSR count). The Morgan fingerprint density at radius 3 is 2.53 bits per heavy atom. The maximum absolute atomic E-state index is 12.5. The summed E-state index contributed by atoms with van der Waals surface area (Å²) in [7, 11) is 0. The second kappa shape index (κ2) is 4.68. The lowest BCUT2D eigenvalue weighted by Gasteiger charge is -2.28. The van der Waals surface area contributed by atoms with E-state index in [1.165, 1.54) is 11.8 Å². The second-order valence-electron chi connectivity index (χ2n) is 5.90. The summed E-state index contributed by atoms with van der Waals surface area (Å²) in [5, 5.41) is 3.26. The van der Waals surface area contributed by atoms with Gasteiger partial charge in [0.25, 0.3) is 0 Å². The van der Waals surface area contributed by atoms with Crippen LogP contribution < -0.4 is 10.2 Å². The van der Waals surface area contributed by atoms with Crippen LogP contribution in [0.2, 0.25) is 0 Å². The van der Waals surface area contributed by atoms with E-state index in [1.54, 1.807) is 0 Å². The Kier molecular flexibility index (Phi) is 3.35. The molecule has 0 saturated heterocycles. The van der Waals surface area contributed by atoms with E-state index in [9.17, 15) is 9.59 Å². The second-order valence-corrected chi connectivity index (χ2v) is 5.90. The highest BCUT2D eigenvalue weighted by molar-refractivity contribution is 6.17. The number of hydrogen-bond acceptors (Lipinski definition) is 3. The van der Waals surface area contributed by atoms with Crippen LogP contribution in [0.15, 0.2) is 18.2 Å². The SMILES string of the molecule is CC(=O)N(C(=O)C(C)(C)C)c1cccc2c1NCC2. The van der Waals surface area contributed by atoms with Gasteiger partial charge in [0.1, 0.15) is 0 Å². The summed E-state index contributed by atoms with van der Waals surface area (Å²) in [4.78, 5) is 25.7. The summed E-state index contributed by atoms with van der Waals surface area (Å²) < 4.78 is 0. The Labute approximate surface area is 113 Å². The van der Waals surface area contributed by atoms with Crippen LogP contribution in [0.25, 0.3) is 0 Å². The number of amides is 2. The third kappa shape index (κ3) is 2.48. The van der Waals surface area contributed by atoms with Gasteiger partial charge in [0, 0.05) is 18.9 Å². The molecule has 0 spiro atoms. The van der Waals surface area contributed by atoms with Gasteiger partial charge >= 0.3 is 0 Å². The molecule has 0 fully saturated rings. The number of nitrogens with zero attached hydrogens (tertiary/aromatic N) is 1. The van der Waals surface area contributed by atoms with Crippen molar-refractivity contribution < 1.29 is 9.59 Å². The van der Waals surface area contributed by atoms with E-state index in [0.29, 0.717) is 5.69 Å². The Bertz CT molecular complexity index is 529. The molecule has 0 aliphatic carbocycles. The normalized spacial score (nSPS) is 13.7. The summed E-state index contributed by atoms with van der Waals surface area (Å²) in [5.41, 5.74) is 2.15. The third-order valence-electron chi connectivity index (χ3n) is 3.23. The molecule has 19 heavy (non-hydrogen) atoms. The van der Waals surface area contributed by atoms with Crippen molar-refractivity contribution in [3.63, 3.8) is 0 Å². The van der Waals surface area contributed by atoms with Crippen LogP contribution >= 0.6 is 0 Å². The highest BCUT2D eigenvalue weighted by Crippen LogP contribution is 2.35. The van der Waals surface area contributed by atoms with Crippen LogP contribution in [0.4, 0.5) is 11.4 Å². The Morgan fingerprint density at radius 1 is 1.26 bits per heavy atom. The van der Waals surface area contributed by atoms with Crippen molar-refractivity contribution in [2.24, 2.45) is 5.41 Å². The fourth-order valence-electron chi connectivity index (χ4n) is 2.26. The van der Waals surface area contributed by atoms with Gasteiger partial charge in [0.2, 0.25) is 11.8 Å². The molecule has 1 heterocycles. The van der Waals surface area contributed by atoms with Crippen molar-refractivity contribution in [1.82, 2.24) is 0 Å².